The molecular formula is C13H18FO6S-. The number of aliphatic hydroxyl groups excluding tert-OH is 1. The highest BCUT2D eigenvalue weighted by Crippen LogP contribution is 2.57. The summed E-state index contributed by atoms with van der Waals surface area (Å²) in [7, 11) is 0. The van der Waals surface area contributed by atoms with Gasteiger partial charge in [0, 0.05) is 0 Å². The van der Waals surface area contributed by atoms with Crippen molar-refractivity contribution in [1.82, 2.24) is 0 Å². The van der Waals surface area contributed by atoms with Crippen LogP contribution in [0.5, 0.6) is 0 Å². The van der Waals surface area contributed by atoms with Crippen LogP contribution in [-0.4, -0.2) is 27.8 Å². The molecule has 4 aliphatic carbocycles. The first-order chi connectivity index (χ1) is 9.85. The van der Waals surface area contributed by atoms with Crippen LogP contribution in [0.2, 0.25) is 0 Å². The minimum atomic E-state index is -2.51. The van der Waals surface area contributed by atoms with Crippen LogP contribution in [0.3, 0.4) is 0 Å². The molecule has 4 fully saturated rings. The molecule has 0 saturated heterocycles. The number of carbonyl (C=O) groups excluding carboxylic acids is 1. The molecule has 6 nitrogen and oxygen atoms in total. The van der Waals surface area contributed by atoms with Crippen LogP contribution >= 0.6 is 12.0 Å². The lowest BCUT2D eigenvalue weighted by molar-refractivity contribution is -0.777. The summed E-state index contributed by atoms with van der Waals surface area (Å²) in [5, 5.41) is 20.5. The van der Waals surface area contributed by atoms with Crippen molar-refractivity contribution in [2.45, 2.75) is 55.7 Å². The number of carbonyl (C=O) groups is 1. The number of hydrogen-bond acceptors (Lipinski definition) is 7. The Labute approximate surface area is 126 Å². The first-order valence-electron chi connectivity index (χ1n) is 7.10. The maximum atomic E-state index is 14.1. The zero-order valence-electron chi connectivity index (χ0n) is 11.6. The summed E-state index contributed by atoms with van der Waals surface area (Å²) in [6.45, 7) is 0.967. The van der Waals surface area contributed by atoms with Gasteiger partial charge in [-0.2, -0.15) is 4.33 Å². The van der Waals surface area contributed by atoms with Crippen molar-refractivity contribution in [2.75, 3.05) is 0 Å². The monoisotopic (exact) mass is 321 g/mol. The van der Waals surface area contributed by atoms with Gasteiger partial charge in [0.25, 0.3) is 5.00 Å². The lowest BCUT2D eigenvalue weighted by Crippen LogP contribution is -2.59. The highest BCUT2D eigenvalue weighted by atomic mass is 32.2. The maximum absolute atomic E-state index is 14.1. The van der Waals surface area contributed by atoms with E-state index in [1.807, 2.05) is 0 Å². The van der Waals surface area contributed by atoms with Gasteiger partial charge in [0.15, 0.2) is 0 Å². The van der Waals surface area contributed by atoms with Gasteiger partial charge in [-0.15, -0.1) is 0 Å². The molecule has 0 aromatic carbocycles. The van der Waals surface area contributed by atoms with Gasteiger partial charge in [0.2, 0.25) is 0 Å². The second-order valence-corrected chi connectivity index (χ2v) is 7.74. The summed E-state index contributed by atoms with van der Waals surface area (Å²) in [6.07, 6.45) is 3.44. The Morgan fingerprint density at radius 2 is 2.00 bits per heavy atom. The Hall–Kier alpha value is -0.410. The van der Waals surface area contributed by atoms with Gasteiger partial charge in [-0.25, -0.2) is 9.18 Å². The zero-order chi connectivity index (χ0) is 15.3. The van der Waals surface area contributed by atoms with Crippen molar-refractivity contribution in [1.29, 1.82) is 0 Å². The summed E-state index contributed by atoms with van der Waals surface area (Å²) in [5.41, 5.74) is -0.682. The van der Waals surface area contributed by atoms with Gasteiger partial charge in [0.05, 0.1) is 18.1 Å². The molecule has 4 bridgehead atoms. The Kier molecular flexibility index (Phi) is 3.94. The molecule has 0 amide bonds. The fraction of sp³-hybridized carbons (Fsp3) is 0.923. The van der Waals surface area contributed by atoms with Crippen LogP contribution in [0.15, 0.2) is 0 Å². The Bertz CT molecular complexity index is 415. The molecule has 3 unspecified atom stereocenters. The van der Waals surface area contributed by atoms with E-state index in [2.05, 4.69) is 9.37 Å². The zero-order valence-corrected chi connectivity index (χ0v) is 12.4. The molecule has 0 aromatic heterocycles. The van der Waals surface area contributed by atoms with E-state index in [4.69, 9.17) is 4.74 Å². The average molecular weight is 321 g/mol. The molecule has 0 spiro atoms. The van der Waals surface area contributed by atoms with E-state index in [0.717, 1.165) is 26.2 Å². The van der Waals surface area contributed by atoms with Crippen LogP contribution in [0.1, 0.15) is 39.0 Å². The van der Waals surface area contributed by atoms with E-state index in [-0.39, 0.29) is 30.0 Å². The van der Waals surface area contributed by atoms with Gasteiger partial charge in [0.1, 0.15) is 5.60 Å². The Morgan fingerprint density at radius 1 is 1.38 bits per heavy atom. The van der Waals surface area contributed by atoms with E-state index < -0.39 is 16.6 Å². The normalized spacial score (nSPS) is 43.6. The third kappa shape index (κ3) is 2.79. The van der Waals surface area contributed by atoms with Crippen LogP contribution < -0.4 is 5.26 Å². The molecular weight excluding hydrogens is 303 g/mol. The van der Waals surface area contributed by atoms with Crippen LogP contribution in [0.25, 0.3) is 0 Å². The van der Waals surface area contributed by atoms with Gasteiger partial charge in [-0.05, 0) is 56.8 Å². The first kappa shape index (κ1) is 15.5. The van der Waals surface area contributed by atoms with Crippen LogP contribution in [-0.2, 0) is 18.9 Å². The van der Waals surface area contributed by atoms with Crippen molar-refractivity contribution in [3.8, 4) is 0 Å². The fourth-order valence-electron chi connectivity index (χ4n) is 4.45. The maximum Gasteiger partial charge on any atom is 0.357 e. The second kappa shape index (κ2) is 5.34. The Morgan fingerprint density at radius 3 is 2.57 bits per heavy atom. The van der Waals surface area contributed by atoms with E-state index in [9.17, 15) is 19.5 Å². The fourth-order valence-corrected chi connectivity index (χ4v) is 4.71. The van der Waals surface area contributed by atoms with Crippen molar-refractivity contribution in [3.05, 3.63) is 0 Å². The summed E-state index contributed by atoms with van der Waals surface area (Å²) in [6, 6.07) is 0. The molecule has 0 heterocycles. The van der Waals surface area contributed by atoms with Crippen molar-refractivity contribution in [3.63, 3.8) is 0 Å². The number of esters is 1. The number of alkyl halides is 1. The highest BCUT2D eigenvalue weighted by Gasteiger charge is 2.58. The molecule has 0 aliphatic heterocycles. The minimum Gasteiger partial charge on any atom is -0.691 e. The van der Waals surface area contributed by atoms with E-state index in [1.165, 1.54) is 0 Å². The van der Waals surface area contributed by atoms with E-state index >= 15 is 0 Å². The third-order valence-corrected chi connectivity index (χ3v) is 5.66. The lowest BCUT2D eigenvalue weighted by Gasteiger charge is -2.57. The van der Waals surface area contributed by atoms with Gasteiger partial charge >= 0.3 is 5.97 Å². The Balaban J connectivity index is 1.69. The molecule has 0 radical (unpaired) electrons. The quantitative estimate of drug-likeness (QED) is 0.350. The third-order valence-electron chi connectivity index (χ3n) is 5.06. The number of halogens is 1. The number of ether oxygens (including phenoxy) is 1. The predicted octanol–water partition coefficient (Wildman–Crippen LogP) is 1.03. The summed E-state index contributed by atoms with van der Waals surface area (Å²) in [4.78, 5) is 12.0. The largest absolute Gasteiger partial charge is 0.691 e. The summed E-state index contributed by atoms with van der Waals surface area (Å²) >= 11 is -0.00936. The highest BCUT2D eigenvalue weighted by molar-refractivity contribution is 7.96. The number of hydrogen-bond donors (Lipinski definition) is 1. The summed E-state index contributed by atoms with van der Waals surface area (Å²) in [5.74, 6) is -0.382. The molecule has 1 N–H and O–H groups in total. The average Bonchev–Trinajstić information content (AvgIpc) is 2.41. The number of rotatable bonds is 5. The SMILES string of the molecule is CC(F)(SOO[O-])C(=O)OC12CC3CC(C1)C(O)C(C3)C2. The van der Waals surface area contributed by atoms with Gasteiger partial charge < -0.3 is 15.1 Å². The second-order valence-electron chi connectivity index (χ2n) is 6.67. The molecule has 0 aromatic rings. The van der Waals surface area contributed by atoms with Crippen LogP contribution in [0, 0.1) is 17.8 Å². The first-order valence-corrected chi connectivity index (χ1v) is 7.84. The number of aliphatic hydroxyl groups is 1. The van der Waals surface area contributed by atoms with Crippen molar-refractivity contribution >= 4 is 18.0 Å². The van der Waals surface area contributed by atoms with Gasteiger partial charge in [-0.3, -0.25) is 5.04 Å². The standard InChI is InChI=1S/C13H19FO6S/c1-12(14,21-20-19-17)11(16)18-13-4-7-2-8(5-13)10(15)9(3-7)6-13/h7-10,15,17H,2-6H2,1H3/p-1. The molecule has 4 aliphatic rings. The summed E-state index contributed by atoms with van der Waals surface area (Å²) < 4.78 is 23.5. The van der Waals surface area contributed by atoms with E-state index in [1.54, 1.807) is 0 Å². The van der Waals surface area contributed by atoms with Crippen molar-refractivity contribution < 1.29 is 33.7 Å². The molecule has 3 atom stereocenters. The molecule has 4 rings (SSSR count). The molecule has 8 heteroatoms. The lowest BCUT2D eigenvalue weighted by atomic mass is 9.53. The van der Waals surface area contributed by atoms with Gasteiger partial charge in [-0.1, -0.05) is 0 Å². The smallest absolute Gasteiger partial charge is 0.357 e. The van der Waals surface area contributed by atoms with Crippen molar-refractivity contribution in [2.24, 2.45) is 17.8 Å². The van der Waals surface area contributed by atoms with E-state index in [0.29, 0.717) is 18.8 Å². The molecule has 120 valence electrons. The van der Waals surface area contributed by atoms with Crippen LogP contribution in [0.4, 0.5) is 4.39 Å². The molecule has 4 saturated carbocycles. The molecule has 21 heavy (non-hydrogen) atoms. The topological polar surface area (TPSA) is 88.0 Å². The predicted molar refractivity (Wildman–Crippen MR) is 67.7 cm³/mol. The minimum absolute atomic E-state index is 0.00936.